The van der Waals surface area contributed by atoms with Crippen LogP contribution in [0.15, 0.2) is 48.5 Å². The Morgan fingerprint density at radius 2 is 1.48 bits per heavy atom. The SMILES string of the molecule is CC1(OCc2cc(C(F)(F)F)cc(C(F)(F)F)c2)CCCCC1c1ccccc1. The summed E-state index contributed by atoms with van der Waals surface area (Å²) in [6.07, 6.45) is -6.28. The summed E-state index contributed by atoms with van der Waals surface area (Å²) in [5.41, 5.74) is -2.37. The molecule has 158 valence electrons. The molecule has 1 aliphatic rings. The number of alkyl halides is 6. The molecule has 0 amide bonds. The van der Waals surface area contributed by atoms with Crippen LogP contribution < -0.4 is 0 Å². The molecule has 2 aromatic rings. The maximum atomic E-state index is 13.1. The number of hydrogen-bond donors (Lipinski definition) is 0. The highest BCUT2D eigenvalue weighted by Gasteiger charge is 2.40. The van der Waals surface area contributed by atoms with E-state index < -0.39 is 29.1 Å². The third kappa shape index (κ3) is 5.13. The lowest BCUT2D eigenvalue weighted by Gasteiger charge is -2.42. The van der Waals surface area contributed by atoms with Gasteiger partial charge >= 0.3 is 12.4 Å². The van der Waals surface area contributed by atoms with E-state index in [1.807, 2.05) is 37.3 Å². The van der Waals surface area contributed by atoms with Crippen molar-refractivity contribution in [3.8, 4) is 0 Å². The van der Waals surface area contributed by atoms with Gasteiger partial charge in [0.05, 0.1) is 23.3 Å². The van der Waals surface area contributed by atoms with Crippen LogP contribution in [0, 0.1) is 0 Å². The van der Waals surface area contributed by atoms with Crippen LogP contribution in [0.2, 0.25) is 0 Å². The fraction of sp³-hybridized carbons (Fsp3) is 0.455. The largest absolute Gasteiger partial charge is 0.416 e. The molecule has 7 heteroatoms. The quantitative estimate of drug-likeness (QED) is 0.473. The summed E-state index contributed by atoms with van der Waals surface area (Å²) >= 11 is 0. The molecule has 0 N–H and O–H groups in total. The molecule has 3 rings (SSSR count). The van der Waals surface area contributed by atoms with Crippen LogP contribution in [0.25, 0.3) is 0 Å². The van der Waals surface area contributed by atoms with Gasteiger partial charge in [0.2, 0.25) is 0 Å². The molecule has 1 saturated carbocycles. The predicted molar refractivity (Wildman–Crippen MR) is 97.3 cm³/mol. The van der Waals surface area contributed by atoms with Gasteiger partial charge in [-0.1, -0.05) is 43.2 Å². The third-order valence-corrected chi connectivity index (χ3v) is 5.57. The molecule has 0 spiro atoms. The van der Waals surface area contributed by atoms with E-state index in [4.69, 9.17) is 4.74 Å². The zero-order valence-electron chi connectivity index (χ0n) is 15.9. The smallest absolute Gasteiger partial charge is 0.370 e. The Balaban J connectivity index is 1.87. The monoisotopic (exact) mass is 416 g/mol. The zero-order chi connectivity index (χ0) is 21.3. The molecule has 2 atom stereocenters. The summed E-state index contributed by atoms with van der Waals surface area (Å²) in [4.78, 5) is 0. The highest BCUT2D eigenvalue weighted by atomic mass is 19.4. The van der Waals surface area contributed by atoms with Crippen LogP contribution in [0.5, 0.6) is 0 Å². The lowest BCUT2D eigenvalue weighted by Crippen LogP contribution is -2.38. The van der Waals surface area contributed by atoms with Crippen LogP contribution in [0.1, 0.15) is 60.8 Å². The van der Waals surface area contributed by atoms with Gasteiger partial charge in [0, 0.05) is 5.92 Å². The Morgan fingerprint density at radius 1 is 0.897 bits per heavy atom. The van der Waals surface area contributed by atoms with Crippen molar-refractivity contribution in [3.05, 3.63) is 70.8 Å². The topological polar surface area (TPSA) is 9.23 Å². The molecule has 0 saturated heterocycles. The van der Waals surface area contributed by atoms with Crippen molar-refractivity contribution in [1.29, 1.82) is 0 Å². The summed E-state index contributed by atoms with van der Waals surface area (Å²) < 4.78 is 84.5. The highest BCUT2D eigenvalue weighted by Crippen LogP contribution is 2.44. The minimum absolute atomic E-state index is 0.0327. The fourth-order valence-corrected chi connectivity index (χ4v) is 4.03. The van der Waals surface area contributed by atoms with Gasteiger partial charge in [-0.05, 0) is 49.1 Å². The van der Waals surface area contributed by atoms with Crippen LogP contribution in [-0.2, 0) is 23.7 Å². The van der Waals surface area contributed by atoms with E-state index in [-0.39, 0.29) is 24.2 Å². The van der Waals surface area contributed by atoms with Gasteiger partial charge in [-0.3, -0.25) is 0 Å². The van der Waals surface area contributed by atoms with Crippen molar-refractivity contribution in [3.63, 3.8) is 0 Å². The van der Waals surface area contributed by atoms with Crippen LogP contribution in [-0.4, -0.2) is 5.60 Å². The van der Waals surface area contributed by atoms with Gasteiger partial charge in [-0.2, -0.15) is 26.3 Å². The first-order valence-electron chi connectivity index (χ1n) is 9.46. The molecule has 1 fully saturated rings. The van der Waals surface area contributed by atoms with Crippen molar-refractivity contribution in [1.82, 2.24) is 0 Å². The van der Waals surface area contributed by atoms with E-state index >= 15 is 0 Å². The maximum absolute atomic E-state index is 13.1. The molecular formula is C22H22F6O. The summed E-state index contributed by atoms with van der Waals surface area (Å²) in [5, 5.41) is 0. The van der Waals surface area contributed by atoms with Crippen LogP contribution in [0.4, 0.5) is 26.3 Å². The second-order valence-electron chi connectivity index (χ2n) is 7.72. The number of hydrogen-bond acceptors (Lipinski definition) is 1. The molecule has 1 nitrogen and oxygen atoms in total. The second kappa shape index (κ2) is 8.01. The molecule has 29 heavy (non-hydrogen) atoms. The summed E-state index contributed by atoms with van der Waals surface area (Å²) in [6, 6.07) is 11.3. The Bertz CT molecular complexity index is 795. The Kier molecular flexibility index (Phi) is 5.99. The van der Waals surface area contributed by atoms with Gasteiger partial charge in [-0.25, -0.2) is 0 Å². The van der Waals surface area contributed by atoms with Crippen molar-refractivity contribution in [2.24, 2.45) is 0 Å². The molecule has 2 unspecified atom stereocenters. The van der Waals surface area contributed by atoms with Crippen molar-refractivity contribution >= 4 is 0 Å². The number of benzene rings is 2. The molecule has 0 bridgehead atoms. The Hall–Kier alpha value is -2.02. The lowest BCUT2D eigenvalue weighted by atomic mass is 9.73. The van der Waals surface area contributed by atoms with Gasteiger partial charge < -0.3 is 4.74 Å². The van der Waals surface area contributed by atoms with Gasteiger partial charge in [0.15, 0.2) is 0 Å². The zero-order valence-corrected chi connectivity index (χ0v) is 15.9. The Morgan fingerprint density at radius 3 is 2.03 bits per heavy atom. The van der Waals surface area contributed by atoms with E-state index in [1.54, 1.807) is 0 Å². The van der Waals surface area contributed by atoms with Gasteiger partial charge in [0.25, 0.3) is 0 Å². The molecule has 2 aromatic carbocycles. The predicted octanol–water partition coefficient (Wildman–Crippen LogP) is 7.36. The number of rotatable bonds is 4. The second-order valence-corrected chi connectivity index (χ2v) is 7.72. The molecular weight excluding hydrogens is 394 g/mol. The van der Waals surface area contributed by atoms with Gasteiger partial charge in [0.1, 0.15) is 0 Å². The normalized spacial score (nSPS) is 23.2. The minimum atomic E-state index is -4.86. The summed E-state index contributed by atoms with van der Waals surface area (Å²) in [5.74, 6) is 0.0327. The average molecular weight is 416 g/mol. The van der Waals surface area contributed by atoms with E-state index in [2.05, 4.69) is 0 Å². The van der Waals surface area contributed by atoms with Gasteiger partial charge in [-0.15, -0.1) is 0 Å². The Labute approximate surface area is 165 Å². The van der Waals surface area contributed by atoms with E-state index in [0.717, 1.165) is 37.0 Å². The van der Waals surface area contributed by atoms with Crippen molar-refractivity contribution in [2.75, 3.05) is 0 Å². The molecule has 0 aromatic heterocycles. The summed E-state index contributed by atoms with van der Waals surface area (Å²) in [7, 11) is 0. The highest BCUT2D eigenvalue weighted by molar-refractivity contribution is 5.33. The molecule has 1 aliphatic carbocycles. The summed E-state index contributed by atoms with van der Waals surface area (Å²) in [6.45, 7) is 1.58. The first-order chi connectivity index (χ1) is 13.5. The minimum Gasteiger partial charge on any atom is -0.370 e. The lowest BCUT2D eigenvalue weighted by molar-refractivity contribution is -0.143. The van der Waals surface area contributed by atoms with Crippen LogP contribution in [0.3, 0.4) is 0 Å². The first-order valence-corrected chi connectivity index (χ1v) is 9.46. The number of halogens is 6. The van der Waals surface area contributed by atoms with Crippen molar-refractivity contribution in [2.45, 2.75) is 63.1 Å². The van der Waals surface area contributed by atoms with Crippen LogP contribution >= 0.6 is 0 Å². The maximum Gasteiger partial charge on any atom is 0.416 e. The third-order valence-electron chi connectivity index (χ3n) is 5.57. The van der Waals surface area contributed by atoms with E-state index in [9.17, 15) is 26.3 Å². The van der Waals surface area contributed by atoms with E-state index in [0.29, 0.717) is 6.42 Å². The number of ether oxygens (including phenoxy) is 1. The fourth-order valence-electron chi connectivity index (χ4n) is 4.03. The molecule has 0 heterocycles. The van der Waals surface area contributed by atoms with Crippen molar-refractivity contribution < 1.29 is 31.1 Å². The molecule has 0 aliphatic heterocycles. The average Bonchev–Trinajstić information content (AvgIpc) is 2.66. The molecule has 0 radical (unpaired) electrons. The van der Waals surface area contributed by atoms with E-state index in [1.165, 1.54) is 0 Å². The standard InChI is InChI=1S/C22H22F6O/c1-20(10-6-5-9-19(20)16-7-3-2-4-8-16)29-14-15-11-17(21(23,24)25)13-18(12-15)22(26,27)28/h2-4,7-8,11-13,19H,5-6,9-10,14H2,1H3. The first kappa shape index (κ1) is 21.7.